The molecule has 0 radical (unpaired) electrons. The molecule has 0 fully saturated rings. The quantitative estimate of drug-likeness (QED) is 0.0666. The second-order valence-corrected chi connectivity index (χ2v) is 19.8. The largest absolute Gasteiger partial charge is 0.480 e. The van der Waals surface area contributed by atoms with Gasteiger partial charge < -0.3 is 45.9 Å². The van der Waals surface area contributed by atoms with Crippen LogP contribution in [-0.2, 0) is 63.8 Å². The van der Waals surface area contributed by atoms with Crippen LogP contribution in [0, 0.1) is 12.8 Å². The molecule has 0 aromatic heterocycles. The molecule has 0 bridgehead atoms. The van der Waals surface area contributed by atoms with E-state index in [1.807, 2.05) is 0 Å². The number of amides is 5. The fourth-order valence-electron chi connectivity index (χ4n) is 6.51. The van der Waals surface area contributed by atoms with E-state index in [1.54, 1.807) is 138 Å². The molecule has 18 nitrogen and oxygen atoms in total. The Kier molecular flexibility index (Phi) is 21.7. The van der Waals surface area contributed by atoms with Crippen LogP contribution in [0.4, 0.5) is 0 Å². The van der Waals surface area contributed by atoms with E-state index in [2.05, 4.69) is 26.6 Å². The van der Waals surface area contributed by atoms with Crippen LogP contribution in [0.5, 0.6) is 0 Å². The van der Waals surface area contributed by atoms with Crippen LogP contribution in [0.15, 0.2) is 54.6 Å². The first kappa shape index (κ1) is 56.8. The third-order valence-corrected chi connectivity index (χ3v) is 9.43. The standard InChI is InChI=1S/C49H71N5O13/c1-29(2)26-36(46(63)64)53-45(62)41(31-19-14-13-15-20-31)54-44(61)34(27-32-21-17-16-18-30(32)3)52-42(59)33(22-24-38(56)65-47(4,5)6)51-43(60)35(28-40(58)67-49(10,11)12)50-37(55)23-25-39(57)66-48(7,8)9/h13-21,29,33-36,41H,22-28H2,1-12H3,(H,50,55)(H,51,60)(H,52,59)(H,53,62)(H,54,61)(H,63,64)/t33-,34-,35-,36-,41-/m0/s1. The predicted octanol–water partition coefficient (Wildman–Crippen LogP) is 4.44. The molecule has 18 heteroatoms. The first-order valence-electron chi connectivity index (χ1n) is 22.4. The molecule has 0 saturated carbocycles. The van der Waals surface area contributed by atoms with Crippen molar-refractivity contribution in [1.29, 1.82) is 0 Å². The van der Waals surface area contributed by atoms with Gasteiger partial charge >= 0.3 is 23.9 Å². The number of rotatable bonds is 23. The van der Waals surface area contributed by atoms with E-state index >= 15 is 0 Å². The lowest BCUT2D eigenvalue weighted by Crippen LogP contribution is -2.58. The maximum absolute atomic E-state index is 14.5. The molecule has 0 aliphatic heterocycles. The number of carboxylic acids is 1. The minimum absolute atomic E-state index is 0.100. The van der Waals surface area contributed by atoms with Crippen molar-refractivity contribution >= 4 is 53.4 Å². The van der Waals surface area contributed by atoms with Gasteiger partial charge in [-0.05, 0) is 105 Å². The highest BCUT2D eigenvalue weighted by molar-refractivity contribution is 5.97. The number of carbonyl (C=O) groups is 9. The number of hydrogen-bond donors (Lipinski definition) is 6. The van der Waals surface area contributed by atoms with Crippen LogP contribution >= 0.6 is 0 Å². The molecule has 0 aliphatic rings. The molecular formula is C49H71N5O13. The fraction of sp³-hybridized carbons (Fsp3) is 0.571. The fourth-order valence-corrected chi connectivity index (χ4v) is 6.51. The van der Waals surface area contributed by atoms with E-state index < -0.39 is 120 Å². The summed E-state index contributed by atoms with van der Waals surface area (Å²) in [4.78, 5) is 121. The minimum atomic E-state index is -1.64. The molecule has 0 spiro atoms. The van der Waals surface area contributed by atoms with Crippen molar-refractivity contribution in [3.63, 3.8) is 0 Å². The molecule has 0 heterocycles. The van der Waals surface area contributed by atoms with Gasteiger partial charge in [0.2, 0.25) is 29.5 Å². The molecule has 6 N–H and O–H groups in total. The van der Waals surface area contributed by atoms with E-state index in [4.69, 9.17) is 14.2 Å². The van der Waals surface area contributed by atoms with Crippen LogP contribution in [-0.4, -0.2) is 99.5 Å². The lowest BCUT2D eigenvalue weighted by atomic mass is 9.98. The van der Waals surface area contributed by atoms with Gasteiger partial charge in [0.05, 0.1) is 12.8 Å². The molecule has 2 rings (SSSR count). The summed E-state index contributed by atoms with van der Waals surface area (Å²) in [5, 5.41) is 22.8. The summed E-state index contributed by atoms with van der Waals surface area (Å²) in [6, 6.07) is 7.79. The number of aliphatic carboxylic acids is 1. The lowest BCUT2D eigenvalue weighted by Gasteiger charge is -2.28. The molecule has 2 aromatic carbocycles. The Morgan fingerprint density at radius 3 is 1.55 bits per heavy atom. The smallest absolute Gasteiger partial charge is 0.326 e. The summed E-state index contributed by atoms with van der Waals surface area (Å²) in [5.74, 6) is -8.09. The number of carboxylic acid groups (broad SMARTS) is 1. The summed E-state index contributed by atoms with van der Waals surface area (Å²) in [5.41, 5.74) is -1.00. The number of hydrogen-bond acceptors (Lipinski definition) is 12. The van der Waals surface area contributed by atoms with Gasteiger partial charge in [-0.25, -0.2) is 4.79 Å². The molecule has 2 aromatic rings. The highest BCUT2D eigenvalue weighted by Gasteiger charge is 2.35. The Bertz CT molecular complexity index is 2050. The topological polar surface area (TPSA) is 262 Å². The van der Waals surface area contributed by atoms with Gasteiger partial charge in [0.25, 0.3) is 0 Å². The van der Waals surface area contributed by atoms with Crippen molar-refractivity contribution in [2.75, 3.05) is 0 Å². The van der Waals surface area contributed by atoms with Gasteiger partial charge in [-0.3, -0.25) is 38.4 Å². The molecule has 0 saturated heterocycles. The minimum Gasteiger partial charge on any atom is -0.480 e. The van der Waals surface area contributed by atoms with E-state index in [0.717, 1.165) is 5.56 Å². The van der Waals surface area contributed by atoms with Crippen LogP contribution in [0.3, 0.4) is 0 Å². The van der Waals surface area contributed by atoms with Crippen LogP contribution in [0.25, 0.3) is 0 Å². The van der Waals surface area contributed by atoms with Gasteiger partial charge in [-0.15, -0.1) is 0 Å². The number of benzene rings is 2. The summed E-state index contributed by atoms with van der Waals surface area (Å²) >= 11 is 0. The van der Waals surface area contributed by atoms with E-state index in [9.17, 15) is 48.3 Å². The lowest BCUT2D eigenvalue weighted by molar-refractivity contribution is -0.158. The van der Waals surface area contributed by atoms with Gasteiger partial charge in [0, 0.05) is 19.3 Å². The number of ether oxygens (including phenoxy) is 3. The van der Waals surface area contributed by atoms with Gasteiger partial charge in [-0.2, -0.15) is 0 Å². The van der Waals surface area contributed by atoms with Crippen molar-refractivity contribution in [3.8, 4) is 0 Å². The zero-order chi connectivity index (χ0) is 50.9. The Morgan fingerprint density at radius 2 is 1.01 bits per heavy atom. The average Bonchev–Trinajstić information content (AvgIpc) is 3.18. The van der Waals surface area contributed by atoms with Crippen LogP contribution in [0.1, 0.15) is 137 Å². The van der Waals surface area contributed by atoms with Gasteiger partial charge in [0.15, 0.2) is 0 Å². The number of nitrogens with one attached hydrogen (secondary N) is 5. The first-order valence-corrected chi connectivity index (χ1v) is 22.4. The average molecular weight is 938 g/mol. The molecular weight excluding hydrogens is 867 g/mol. The Labute approximate surface area is 393 Å². The Balaban J connectivity index is 2.60. The molecule has 370 valence electrons. The van der Waals surface area contributed by atoms with E-state index in [1.165, 1.54) is 0 Å². The maximum Gasteiger partial charge on any atom is 0.326 e. The Hall–Kier alpha value is -6.33. The third-order valence-electron chi connectivity index (χ3n) is 9.43. The van der Waals surface area contributed by atoms with Crippen LogP contribution < -0.4 is 26.6 Å². The number of carbonyl (C=O) groups excluding carboxylic acids is 8. The second-order valence-electron chi connectivity index (χ2n) is 19.8. The summed E-state index contributed by atoms with van der Waals surface area (Å²) in [6.45, 7) is 20.1. The maximum atomic E-state index is 14.5. The van der Waals surface area contributed by atoms with Crippen molar-refractivity contribution in [2.45, 2.75) is 175 Å². The zero-order valence-electron chi connectivity index (χ0n) is 41.0. The number of aryl methyl sites for hydroxylation is 1. The Morgan fingerprint density at radius 1 is 0.537 bits per heavy atom. The monoisotopic (exact) mass is 938 g/mol. The van der Waals surface area contributed by atoms with E-state index in [-0.39, 0.29) is 31.6 Å². The van der Waals surface area contributed by atoms with Crippen LogP contribution in [0.2, 0.25) is 0 Å². The molecule has 0 aliphatic carbocycles. The number of esters is 3. The third kappa shape index (κ3) is 22.6. The van der Waals surface area contributed by atoms with Gasteiger partial charge in [0.1, 0.15) is 47.0 Å². The normalized spacial score (nSPS) is 13.9. The molecule has 0 unspecified atom stereocenters. The molecule has 5 amide bonds. The van der Waals surface area contributed by atoms with Crippen molar-refractivity contribution in [3.05, 3.63) is 71.3 Å². The summed E-state index contributed by atoms with van der Waals surface area (Å²) in [6.07, 6.45) is -2.25. The van der Waals surface area contributed by atoms with Crippen molar-refractivity contribution < 1.29 is 62.5 Å². The molecule has 67 heavy (non-hydrogen) atoms. The SMILES string of the molecule is Cc1ccccc1C[C@H](NC(=O)[C@H](CCC(=O)OC(C)(C)C)NC(=O)[C@H](CC(=O)OC(C)(C)C)NC(=O)CCC(=O)OC(C)(C)C)C(=O)N[C@H](C(=O)N[C@@H](CC(C)C)C(=O)O)c1ccccc1. The van der Waals surface area contributed by atoms with Gasteiger partial charge in [-0.1, -0.05) is 68.4 Å². The highest BCUT2D eigenvalue weighted by Crippen LogP contribution is 2.18. The molecule has 5 atom stereocenters. The zero-order valence-corrected chi connectivity index (χ0v) is 41.0. The highest BCUT2D eigenvalue weighted by atomic mass is 16.6. The first-order chi connectivity index (χ1) is 30.9. The van der Waals surface area contributed by atoms with Crippen molar-refractivity contribution in [2.24, 2.45) is 5.92 Å². The summed E-state index contributed by atoms with van der Waals surface area (Å²) in [7, 11) is 0. The second kappa shape index (κ2) is 25.5. The van der Waals surface area contributed by atoms with E-state index in [0.29, 0.717) is 11.1 Å². The van der Waals surface area contributed by atoms with Crippen molar-refractivity contribution in [1.82, 2.24) is 26.6 Å². The predicted molar refractivity (Wildman–Crippen MR) is 248 cm³/mol. The summed E-state index contributed by atoms with van der Waals surface area (Å²) < 4.78 is 16.1.